The summed E-state index contributed by atoms with van der Waals surface area (Å²) < 4.78 is 2.20. The van der Waals surface area contributed by atoms with Crippen molar-refractivity contribution in [1.29, 1.82) is 0 Å². The monoisotopic (exact) mass is 261 g/mol. The number of hydrogen-bond acceptors (Lipinski definition) is 1. The van der Waals surface area contributed by atoms with Gasteiger partial charge in [0.1, 0.15) is 0 Å². The molecule has 0 saturated heterocycles. The summed E-state index contributed by atoms with van der Waals surface area (Å²) in [5, 5.41) is 0.0361. The van der Waals surface area contributed by atoms with E-state index in [0.29, 0.717) is 6.85 Å². The average molecular weight is 262 g/mol. The lowest BCUT2D eigenvalue weighted by Crippen LogP contribution is -2.56. The number of rotatable bonds is 3. The molecule has 0 radical (unpaired) electrons. The zero-order valence-electron chi connectivity index (χ0n) is 11.9. The van der Waals surface area contributed by atoms with Crippen LogP contribution in [0.1, 0.15) is 41.5 Å². The van der Waals surface area contributed by atoms with E-state index in [0.717, 1.165) is 0 Å². The molecule has 0 N–H and O–H groups in total. The molecular formula is C10H24B3Cl2N. The van der Waals surface area contributed by atoms with Gasteiger partial charge in [-0.1, -0.05) is 55.2 Å². The molecule has 92 valence electrons. The molecule has 0 bridgehead atoms. The van der Waals surface area contributed by atoms with E-state index < -0.39 is 0 Å². The first-order valence-corrected chi connectivity index (χ1v) is 6.82. The van der Waals surface area contributed by atoms with Crippen molar-refractivity contribution in [3.8, 4) is 0 Å². The molecule has 0 aromatic heterocycles. The Morgan fingerprint density at radius 3 is 1.12 bits per heavy atom. The average Bonchev–Trinajstić information content (AvgIpc) is 1.99. The third kappa shape index (κ3) is 4.54. The molecule has 0 aliphatic heterocycles. The van der Waals surface area contributed by atoms with E-state index in [1.807, 2.05) is 0 Å². The van der Waals surface area contributed by atoms with Crippen LogP contribution in [0.3, 0.4) is 0 Å². The smallest absolute Gasteiger partial charge is 0.316 e. The fourth-order valence-corrected chi connectivity index (χ4v) is 2.27. The molecule has 0 spiro atoms. The first-order valence-electron chi connectivity index (χ1n) is 5.94. The highest BCUT2D eigenvalue weighted by atomic mass is 35.5. The van der Waals surface area contributed by atoms with Crippen molar-refractivity contribution in [3.63, 3.8) is 0 Å². The SMILES string of the molecule is CB(C)N(B(Cl)C(C)(C)C)B(Cl)C(C)(C)C. The van der Waals surface area contributed by atoms with Gasteiger partial charge in [-0.2, -0.15) is 22.9 Å². The fraction of sp³-hybridized carbons (Fsp3) is 1.00. The van der Waals surface area contributed by atoms with Crippen LogP contribution in [0, 0.1) is 0 Å². The number of halogens is 2. The summed E-state index contributed by atoms with van der Waals surface area (Å²) in [6.07, 6.45) is -0.122. The van der Waals surface area contributed by atoms with Gasteiger partial charge in [0.05, 0.1) is 0 Å². The Labute approximate surface area is 113 Å². The van der Waals surface area contributed by atoms with Gasteiger partial charge in [0, 0.05) is 0 Å². The molecule has 0 aliphatic rings. The topological polar surface area (TPSA) is 3.24 Å². The van der Waals surface area contributed by atoms with E-state index in [-0.39, 0.29) is 23.2 Å². The maximum Gasteiger partial charge on any atom is 0.316 e. The third-order valence-electron chi connectivity index (χ3n) is 2.55. The number of hydrogen-bond donors (Lipinski definition) is 0. The quantitative estimate of drug-likeness (QED) is 0.672. The lowest BCUT2D eigenvalue weighted by molar-refractivity contribution is 0.680. The lowest BCUT2D eigenvalue weighted by Gasteiger charge is -2.41. The minimum atomic E-state index is -0.0609. The Hall–Kier alpha value is 0.735. The molecule has 0 unspecified atom stereocenters. The van der Waals surface area contributed by atoms with Crippen LogP contribution in [0.25, 0.3) is 0 Å². The van der Waals surface area contributed by atoms with Crippen LogP contribution in [0.4, 0.5) is 0 Å². The Bertz CT molecular complexity index is 203. The molecule has 0 aromatic carbocycles. The lowest BCUT2D eigenvalue weighted by atomic mass is 9.42. The summed E-state index contributed by atoms with van der Waals surface area (Å²) in [4.78, 5) is 0. The maximum atomic E-state index is 6.56. The zero-order chi connectivity index (χ0) is 13.3. The minimum Gasteiger partial charge on any atom is -0.398 e. The van der Waals surface area contributed by atoms with Gasteiger partial charge >= 0.3 is 12.5 Å². The highest BCUT2D eigenvalue weighted by molar-refractivity contribution is 7.21. The van der Waals surface area contributed by atoms with Crippen molar-refractivity contribution in [2.75, 3.05) is 0 Å². The second-order valence-electron chi connectivity index (χ2n) is 6.94. The molecule has 0 amide bonds. The summed E-state index contributed by atoms with van der Waals surface area (Å²) >= 11 is 13.1. The Kier molecular flexibility index (Phi) is 5.84. The Morgan fingerprint density at radius 2 is 1.00 bits per heavy atom. The molecule has 16 heavy (non-hydrogen) atoms. The predicted octanol–water partition coefficient (Wildman–Crippen LogP) is 4.59. The van der Waals surface area contributed by atoms with Crippen LogP contribution in [0.2, 0.25) is 24.3 Å². The van der Waals surface area contributed by atoms with Crippen molar-refractivity contribution in [2.45, 2.75) is 65.8 Å². The van der Waals surface area contributed by atoms with Gasteiger partial charge in [-0.05, 0) is 10.6 Å². The van der Waals surface area contributed by atoms with Crippen LogP contribution in [0.15, 0.2) is 0 Å². The Morgan fingerprint density at radius 1 is 0.750 bits per heavy atom. The normalized spacial score (nSPS) is 12.9. The largest absolute Gasteiger partial charge is 0.398 e. The fourth-order valence-electron chi connectivity index (χ4n) is 1.53. The van der Waals surface area contributed by atoms with E-state index in [4.69, 9.17) is 22.9 Å². The summed E-state index contributed by atoms with van der Waals surface area (Å²) in [6, 6.07) is 0. The minimum absolute atomic E-state index is 0.0181. The van der Waals surface area contributed by atoms with Gasteiger partial charge in [0.2, 0.25) is 0 Å². The van der Waals surface area contributed by atoms with Gasteiger partial charge < -0.3 is 4.63 Å². The van der Waals surface area contributed by atoms with E-state index >= 15 is 0 Å². The molecule has 1 nitrogen and oxygen atoms in total. The summed E-state index contributed by atoms with van der Waals surface area (Å²) in [7, 11) is 0. The molecule has 0 aliphatic carbocycles. The molecular weight excluding hydrogens is 237 g/mol. The molecule has 0 fully saturated rings. The van der Waals surface area contributed by atoms with Crippen LogP contribution < -0.4 is 0 Å². The highest BCUT2D eigenvalue weighted by Gasteiger charge is 2.44. The van der Waals surface area contributed by atoms with E-state index in [2.05, 4.69) is 59.8 Å². The summed E-state index contributed by atoms with van der Waals surface area (Å²) in [5.41, 5.74) is 0. The van der Waals surface area contributed by atoms with Gasteiger partial charge in [-0.3, -0.25) is 0 Å². The predicted molar refractivity (Wildman–Crippen MR) is 82.0 cm³/mol. The number of nitrogens with zero attached hydrogens (tertiary/aromatic N) is 1. The van der Waals surface area contributed by atoms with E-state index in [9.17, 15) is 0 Å². The molecule has 0 rings (SSSR count). The van der Waals surface area contributed by atoms with Gasteiger partial charge in [0.25, 0.3) is 0 Å². The van der Waals surface area contributed by atoms with Crippen molar-refractivity contribution >= 4 is 42.3 Å². The standard InChI is InChI=1S/C10H24B3Cl2N/c1-9(2,3)12(14)16(11(7)8)13(15)10(4,5)6/h1-8H3. The van der Waals surface area contributed by atoms with Crippen molar-refractivity contribution in [1.82, 2.24) is 4.63 Å². The molecule has 6 heteroatoms. The molecule has 0 saturated carbocycles. The van der Waals surface area contributed by atoms with Gasteiger partial charge in [0.15, 0.2) is 6.85 Å². The van der Waals surface area contributed by atoms with Crippen LogP contribution in [-0.4, -0.2) is 24.0 Å². The van der Waals surface area contributed by atoms with Crippen molar-refractivity contribution in [2.24, 2.45) is 0 Å². The first-order chi connectivity index (χ1) is 6.89. The maximum absolute atomic E-state index is 6.56. The van der Waals surface area contributed by atoms with Crippen LogP contribution in [-0.2, 0) is 0 Å². The van der Waals surface area contributed by atoms with Gasteiger partial charge in [-0.15, -0.1) is 0 Å². The second-order valence-corrected chi connectivity index (χ2v) is 7.77. The third-order valence-corrected chi connectivity index (χ3v) is 4.31. The molecule has 0 aromatic rings. The second kappa shape index (κ2) is 5.58. The summed E-state index contributed by atoms with van der Waals surface area (Å²) in [5.74, 6) is 0. The molecule has 0 heterocycles. The van der Waals surface area contributed by atoms with Crippen LogP contribution in [0.5, 0.6) is 0 Å². The Balaban J connectivity index is 5.04. The summed E-state index contributed by atoms with van der Waals surface area (Å²) in [6.45, 7) is 17.5. The first kappa shape index (κ1) is 16.7. The van der Waals surface area contributed by atoms with Crippen molar-refractivity contribution in [3.05, 3.63) is 0 Å². The van der Waals surface area contributed by atoms with Gasteiger partial charge in [-0.25, -0.2) is 0 Å². The zero-order valence-corrected chi connectivity index (χ0v) is 13.4. The molecule has 0 atom stereocenters. The highest BCUT2D eigenvalue weighted by Crippen LogP contribution is 2.38. The van der Waals surface area contributed by atoms with Crippen LogP contribution >= 0.6 is 22.9 Å². The van der Waals surface area contributed by atoms with Crippen molar-refractivity contribution < 1.29 is 0 Å². The van der Waals surface area contributed by atoms with E-state index in [1.54, 1.807) is 0 Å². The van der Waals surface area contributed by atoms with E-state index in [1.165, 1.54) is 0 Å².